The van der Waals surface area contributed by atoms with Gasteiger partial charge in [0.05, 0.1) is 11.2 Å². The molecule has 0 saturated heterocycles. The minimum atomic E-state index is -1.87. The summed E-state index contributed by atoms with van der Waals surface area (Å²) in [6.45, 7) is 11.1. The molecule has 0 aliphatic rings. The van der Waals surface area contributed by atoms with Crippen LogP contribution < -0.4 is 10.2 Å². The van der Waals surface area contributed by atoms with Crippen molar-refractivity contribution < 1.29 is 4.43 Å². The molecule has 0 aliphatic heterocycles. The van der Waals surface area contributed by atoms with E-state index in [1.165, 1.54) is 0 Å². The second-order valence-electron chi connectivity index (χ2n) is 6.61. The first-order valence-corrected chi connectivity index (χ1v) is 9.43. The van der Waals surface area contributed by atoms with Crippen molar-refractivity contribution in [1.29, 1.82) is 0 Å². The smallest absolute Gasteiger partial charge is 0.250 e. The molecule has 0 radical (unpaired) electrons. The lowest BCUT2D eigenvalue weighted by Gasteiger charge is -2.36. The van der Waals surface area contributed by atoms with Crippen LogP contribution in [0.25, 0.3) is 10.9 Å². The summed E-state index contributed by atoms with van der Waals surface area (Å²) in [5, 5.41) is 5.60. The highest BCUT2D eigenvalue weighted by Gasteiger charge is 2.39. The molecule has 104 valence electrons. The summed E-state index contributed by atoms with van der Waals surface area (Å²) < 4.78 is 8.07. The average molecular weight is 277 g/mol. The lowest BCUT2D eigenvalue weighted by atomic mass is 10.2. The monoisotopic (exact) mass is 277 g/mol. The number of nitrogens with two attached hydrogens (primary N) is 1. The van der Waals surface area contributed by atoms with Gasteiger partial charge in [0.25, 0.3) is 8.32 Å². The Morgan fingerprint density at radius 3 is 2.47 bits per heavy atom. The van der Waals surface area contributed by atoms with Crippen LogP contribution in [0, 0.1) is 0 Å². The van der Waals surface area contributed by atoms with Crippen molar-refractivity contribution >= 4 is 24.9 Å². The zero-order valence-corrected chi connectivity index (χ0v) is 13.6. The molecule has 1 aromatic carbocycles. The number of aryl methyl sites for hydroxylation is 1. The van der Waals surface area contributed by atoms with Gasteiger partial charge in [-0.15, -0.1) is 0 Å². The van der Waals surface area contributed by atoms with Crippen LogP contribution in [-0.2, 0) is 7.05 Å². The first-order chi connectivity index (χ1) is 8.60. The zero-order chi connectivity index (χ0) is 14.4. The summed E-state index contributed by atoms with van der Waals surface area (Å²) in [5.74, 6) is 0.762. The molecule has 1 aromatic heterocycles. The minimum Gasteiger partial charge on any atom is -0.542 e. The number of rotatable bonds is 2. The van der Waals surface area contributed by atoms with Gasteiger partial charge in [-0.3, -0.25) is 4.68 Å². The molecule has 0 atom stereocenters. The van der Waals surface area contributed by atoms with E-state index in [4.69, 9.17) is 10.2 Å². The third-order valence-corrected chi connectivity index (χ3v) is 8.26. The van der Waals surface area contributed by atoms with Crippen LogP contribution in [0.5, 0.6) is 5.75 Å². The minimum absolute atomic E-state index is 0.151. The molecule has 4 nitrogen and oxygen atoms in total. The fraction of sp³-hybridized carbons (Fsp3) is 0.500. The first-order valence-electron chi connectivity index (χ1n) is 6.52. The van der Waals surface area contributed by atoms with E-state index in [2.05, 4.69) is 39.0 Å². The lowest BCUT2D eigenvalue weighted by Crippen LogP contribution is -2.44. The fourth-order valence-corrected chi connectivity index (χ4v) is 2.74. The van der Waals surface area contributed by atoms with E-state index in [1.807, 2.05) is 25.4 Å². The highest BCUT2D eigenvalue weighted by atomic mass is 28.4. The number of aromatic nitrogens is 2. The number of nitrogens with zero attached hydrogens (tertiary/aromatic N) is 2. The van der Waals surface area contributed by atoms with Gasteiger partial charge < -0.3 is 10.2 Å². The summed E-state index contributed by atoms with van der Waals surface area (Å²) >= 11 is 0. The lowest BCUT2D eigenvalue weighted by molar-refractivity contribution is 0.494. The number of nitrogen functional groups attached to an aromatic ring is 1. The maximum Gasteiger partial charge on any atom is 0.250 e. The highest BCUT2D eigenvalue weighted by Crippen LogP contribution is 2.39. The van der Waals surface area contributed by atoms with Gasteiger partial charge in [0.2, 0.25) is 0 Å². The molecule has 0 bridgehead atoms. The maximum atomic E-state index is 6.28. The SMILES string of the molecule is Cn1cc2cc(N)c(O[Si](C)(C)C(C)(C)C)cc2n1. The van der Waals surface area contributed by atoms with Crippen LogP contribution in [-0.4, -0.2) is 18.1 Å². The Bertz CT molecular complexity index is 611. The van der Waals surface area contributed by atoms with Crippen LogP contribution in [0.1, 0.15) is 20.8 Å². The third kappa shape index (κ3) is 2.61. The second-order valence-corrected chi connectivity index (χ2v) is 11.3. The molecule has 19 heavy (non-hydrogen) atoms. The van der Waals surface area contributed by atoms with Crippen molar-refractivity contribution in [2.75, 3.05) is 5.73 Å². The summed E-state index contributed by atoms with van der Waals surface area (Å²) in [7, 11) is 0.0351. The van der Waals surface area contributed by atoms with Crippen molar-refractivity contribution in [2.45, 2.75) is 38.9 Å². The van der Waals surface area contributed by atoms with Crippen molar-refractivity contribution in [3.8, 4) is 5.75 Å². The highest BCUT2D eigenvalue weighted by molar-refractivity contribution is 6.74. The van der Waals surface area contributed by atoms with Gasteiger partial charge in [-0.05, 0) is 24.2 Å². The molecular formula is C14H23N3OSi. The molecule has 0 spiro atoms. The zero-order valence-electron chi connectivity index (χ0n) is 12.6. The van der Waals surface area contributed by atoms with E-state index in [-0.39, 0.29) is 5.04 Å². The standard InChI is InChI=1S/C14H23N3OSi/c1-14(2,3)19(5,6)18-13-8-12-10(7-11(13)15)9-17(4)16-12/h7-9H,15H2,1-6H3. The Balaban J connectivity index is 2.43. The van der Waals surface area contributed by atoms with E-state index >= 15 is 0 Å². The fourth-order valence-electron chi connectivity index (χ4n) is 1.71. The van der Waals surface area contributed by atoms with Crippen LogP contribution in [0.4, 0.5) is 5.69 Å². The average Bonchev–Trinajstić information content (AvgIpc) is 2.55. The molecule has 2 aromatic rings. The van der Waals surface area contributed by atoms with Crippen LogP contribution in [0.3, 0.4) is 0 Å². The molecule has 0 saturated carbocycles. The Labute approximate surface area is 115 Å². The number of hydrogen-bond acceptors (Lipinski definition) is 3. The van der Waals surface area contributed by atoms with Crippen molar-refractivity contribution in [2.24, 2.45) is 7.05 Å². The Morgan fingerprint density at radius 1 is 1.26 bits per heavy atom. The number of benzene rings is 1. The predicted octanol–water partition coefficient (Wildman–Crippen LogP) is 3.54. The van der Waals surface area contributed by atoms with Crippen LogP contribution in [0.2, 0.25) is 18.1 Å². The molecule has 0 unspecified atom stereocenters. The first kappa shape index (κ1) is 13.9. The Hall–Kier alpha value is -1.49. The van der Waals surface area contributed by atoms with Gasteiger partial charge >= 0.3 is 0 Å². The summed E-state index contributed by atoms with van der Waals surface area (Å²) in [4.78, 5) is 0. The van der Waals surface area contributed by atoms with Crippen molar-refractivity contribution in [3.63, 3.8) is 0 Å². The topological polar surface area (TPSA) is 53.1 Å². The predicted molar refractivity (Wildman–Crippen MR) is 83.0 cm³/mol. The number of hydrogen-bond donors (Lipinski definition) is 1. The van der Waals surface area contributed by atoms with E-state index in [9.17, 15) is 0 Å². The Morgan fingerprint density at radius 2 is 1.89 bits per heavy atom. The van der Waals surface area contributed by atoms with Gasteiger partial charge in [0.1, 0.15) is 5.75 Å². The molecule has 0 amide bonds. The van der Waals surface area contributed by atoms with Crippen molar-refractivity contribution in [1.82, 2.24) is 9.78 Å². The van der Waals surface area contributed by atoms with Gasteiger partial charge in [-0.2, -0.15) is 5.10 Å². The molecule has 2 rings (SSSR count). The van der Waals surface area contributed by atoms with Crippen LogP contribution in [0.15, 0.2) is 18.3 Å². The van der Waals surface area contributed by atoms with Gasteiger partial charge in [-0.1, -0.05) is 20.8 Å². The number of fused-ring (bicyclic) bond motifs is 1. The third-order valence-electron chi connectivity index (χ3n) is 3.92. The quantitative estimate of drug-likeness (QED) is 0.675. The van der Waals surface area contributed by atoms with E-state index in [0.29, 0.717) is 5.69 Å². The van der Waals surface area contributed by atoms with E-state index in [1.54, 1.807) is 4.68 Å². The molecule has 0 aliphatic carbocycles. The van der Waals surface area contributed by atoms with E-state index < -0.39 is 8.32 Å². The maximum absolute atomic E-state index is 6.28. The van der Waals surface area contributed by atoms with Crippen LogP contribution >= 0.6 is 0 Å². The second kappa shape index (κ2) is 4.26. The molecule has 5 heteroatoms. The van der Waals surface area contributed by atoms with Gasteiger partial charge in [0, 0.05) is 24.7 Å². The number of anilines is 1. The van der Waals surface area contributed by atoms with Crippen molar-refractivity contribution in [3.05, 3.63) is 18.3 Å². The molecule has 0 fully saturated rings. The van der Waals surface area contributed by atoms with Gasteiger partial charge in [0.15, 0.2) is 0 Å². The summed E-state index contributed by atoms with van der Waals surface area (Å²) in [5.41, 5.74) is 7.71. The van der Waals surface area contributed by atoms with Gasteiger partial charge in [-0.25, -0.2) is 0 Å². The molecule has 1 heterocycles. The summed E-state index contributed by atoms with van der Waals surface area (Å²) in [6.07, 6.45) is 1.96. The van der Waals surface area contributed by atoms with E-state index in [0.717, 1.165) is 16.7 Å². The largest absolute Gasteiger partial charge is 0.542 e. The molecular weight excluding hydrogens is 254 g/mol. The normalized spacial score (nSPS) is 12.9. The Kier molecular flexibility index (Phi) is 3.13. The summed E-state index contributed by atoms with van der Waals surface area (Å²) in [6, 6.07) is 3.88. The molecule has 2 N–H and O–H groups in total.